The zero-order valence-electron chi connectivity index (χ0n) is 9.65. The molecule has 2 N–H and O–H groups in total. The summed E-state index contributed by atoms with van der Waals surface area (Å²) in [5.41, 5.74) is 9.36. The number of nitrogens with two attached hydrogens (primary N) is 1. The molecule has 0 saturated heterocycles. The maximum absolute atomic E-state index is 5.84. The van der Waals surface area contributed by atoms with Crippen LogP contribution in [-0.2, 0) is 0 Å². The van der Waals surface area contributed by atoms with Crippen molar-refractivity contribution in [1.82, 2.24) is 15.0 Å². The Morgan fingerprint density at radius 1 is 1.22 bits per heavy atom. The fourth-order valence-corrected chi connectivity index (χ4v) is 2.01. The van der Waals surface area contributed by atoms with E-state index in [0.29, 0.717) is 6.54 Å². The summed E-state index contributed by atoms with van der Waals surface area (Å²) in [5.74, 6) is 0.0215. The van der Waals surface area contributed by atoms with Crippen LogP contribution in [0.1, 0.15) is 17.2 Å². The quantitative estimate of drug-likeness (QED) is 0.754. The van der Waals surface area contributed by atoms with Crippen molar-refractivity contribution in [2.45, 2.75) is 5.92 Å². The van der Waals surface area contributed by atoms with Crippen LogP contribution in [0.25, 0.3) is 11.1 Å². The highest BCUT2D eigenvalue weighted by molar-refractivity contribution is 5.73. The molecule has 5 heteroatoms. The van der Waals surface area contributed by atoms with Gasteiger partial charge in [0.1, 0.15) is 5.52 Å². The van der Waals surface area contributed by atoms with Gasteiger partial charge in [0.25, 0.3) is 0 Å². The second-order valence-corrected chi connectivity index (χ2v) is 4.00. The second-order valence-electron chi connectivity index (χ2n) is 4.00. The van der Waals surface area contributed by atoms with Gasteiger partial charge in [-0.15, -0.1) is 0 Å². The monoisotopic (exact) mass is 240 g/mol. The van der Waals surface area contributed by atoms with Crippen molar-refractivity contribution in [3.05, 3.63) is 54.4 Å². The Balaban J connectivity index is 2.05. The summed E-state index contributed by atoms with van der Waals surface area (Å²) in [5, 5.41) is 0. The van der Waals surface area contributed by atoms with E-state index in [1.165, 1.54) is 6.39 Å². The molecular weight excluding hydrogens is 228 g/mol. The van der Waals surface area contributed by atoms with E-state index in [4.69, 9.17) is 10.2 Å². The SMILES string of the molecule is NCC(c1ccc2ncoc2c1)c1cnccn1. The van der Waals surface area contributed by atoms with Gasteiger partial charge in [-0.25, -0.2) is 4.98 Å². The summed E-state index contributed by atoms with van der Waals surface area (Å²) in [6.45, 7) is 0.471. The number of hydrogen-bond acceptors (Lipinski definition) is 5. The average Bonchev–Trinajstić information content (AvgIpc) is 2.88. The number of aromatic nitrogens is 3. The van der Waals surface area contributed by atoms with Gasteiger partial charge in [-0.3, -0.25) is 9.97 Å². The molecule has 18 heavy (non-hydrogen) atoms. The smallest absolute Gasteiger partial charge is 0.181 e. The fourth-order valence-electron chi connectivity index (χ4n) is 2.01. The third-order valence-corrected chi connectivity index (χ3v) is 2.93. The molecule has 2 aromatic heterocycles. The van der Waals surface area contributed by atoms with Gasteiger partial charge in [-0.1, -0.05) is 6.07 Å². The molecule has 0 saturated carbocycles. The van der Waals surface area contributed by atoms with Crippen LogP contribution in [0.15, 0.2) is 47.6 Å². The Morgan fingerprint density at radius 2 is 2.17 bits per heavy atom. The summed E-state index contributed by atoms with van der Waals surface area (Å²) in [6, 6.07) is 5.87. The average molecular weight is 240 g/mol. The van der Waals surface area contributed by atoms with E-state index in [1.807, 2.05) is 18.2 Å². The van der Waals surface area contributed by atoms with Gasteiger partial charge >= 0.3 is 0 Å². The number of fused-ring (bicyclic) bond motifs is 1. The Bertz CT molecular complexity index is 650. The molecular formula is C13H12N4O. The van der Waals surface area contributed by atoms with Gasteiger partial charge in [0.05, 0.1) is 5.69 Å². The number of hydrogen-bond donors (Lipinski definition) is 1. The number of nitrogens with zero attached hydrogens (tertiary/aromatic N) is 3. The molecule has 2 heterocycles. The molecule has 90 valence electrons. The summed E-state index contributed by atoms with van der Waals surface area (Å²) in [6.07, 6.45) is 6.50. The Labute approximate surface area is 104 Å². The summed E-state index contributed by atoms with van der Waals surface area (Å²) < 4.78 is 5.30. The first-order chi connectivity index (χ1) is 8.88. The van der Waals surface area contributed by atoms with Crippen LogP contribution in [0.4, 0.5) is 0 Å². The van der Waals surface area contributed by atoms with Gasteiger partial charge in [-0.05, 0) is 17.7 Å². The van der Waals surface area contributed by atoms with Crippen molar-refractivity contribution >= 4 is 11.1 Å². The van der Waals surface area contributed by atoms with Crippen molar-refractivity contribution in [3.8, 4) is 0 Å². The number of oxazole rings is 1. The van der Waals surface area contributed by atoms with Crippen molar-refractivity contribution in [2.24, 2.45) is 5.73 Å². The highest BCUT2D eigenvalue weighted by Gasteiger charge is 2.15. The van der Waals surface area contributed by atoms with E-state index in [9.17, 15) is 0 Å². The number of rotatable bonds is 3. The zero-order valence-corrected chi connectivity index (χ0v) is 9.65. The predicted octanol–water partition coefficient (Wildman–Crippen LogP) is 1.71. The fraction of sp³-hybridized carbons (Fsp3) is 0.154. The standard InChI is InChI=1S/C13H12N4O/c14-6-10(12-7-15-3-4-16-12)9-1-2-11-13(5-9)18-8-17-11/h1-5,7-8,10H,6,14H2. The molecule has 0 aliphatic heterocycles. The first-order valence-corrected chi connectivity index (χ1v) is 5.67. The normalized spacial score (nSPS) is 12.7. The molecule has 1 unspecified atom stereocenters. The van der Waals surface area contributed by atoms with E-state index in [1.54, 1.807) is 18.6 Å². The van der Waals surface area contributed by atoms with Crippen molar-refractivity contribution < 1.29 is 4.42 Å². The minimum Gasteiger partial charge on any atom is -0.443 e. The lowest BCUT2D eigenvalue weighted by Crippen LogP contribution is -2.15. The van der Waals surface area contributed by atoms with Crippen LogP contribution in [0.3, 0.4) is 0 Å². The van der Waals surface area contributed by atoms with E-state index < -0.39 is 0 Å². The molecule has 0 radical (unpaired) electrons. The Kier molecular flexibility index (Phi) is 2.74. The molecule has 3 aromatic rings. The first kappa shape index (κ1) is 10.9. The van der Waals surface area contributed by atoms with Gasteiger partial charge < -0.3 is 10.2 Å². The van der Waals surface area contributed by atoms with Crippen LogP contribution in [-0.4, -0.2) is 21.5 Å². The van der Waals surface area contributed by atoms with Crippen LogP contribution in [0.2, 0.25) is 0 Å². The summed E-state index contributed by atoms with van der Waals surface area (Å²) >= 11 is 0. The molecule has 0 amide bonds. The zero-order chi connectivity index (χ0) is 12.4. The highest BCUT2D eigenvalue weighted by Crippen LogP contribution is 2.24. The van der Waals surface area contributed by atoms with Gasteiger partial charge in [0.15, 0.2) is 12.0 Å². The van der Waals surface area contributed by atoms with Gasteiger partial charge in [0.2, 0.25) is 0 Å². The predicted molar refractivity (Wildman–Crippen MR) is 66.9 cm³/mol. The van der Waals surface area contributed by atoms with E-state index in [0.717, 1.165) is 22.4 Å². The first-order valence-electron chi connectivity index (χ1n) is 5.67. The van der Waals surface area contributed by atoms with Gasteiger partial charge in [0, 0.05) is 31.1 Å². The molecule has 1 aromatic carbocycles. The van der Waals surface area contributed by atoms with E-state index in [-0.39, 0.29) is 5.92 Å². The molecule has 0 aliphatic carbocycles. The topological polar surface area (TPSA) is 77.8 Å². The molecule has 0 bridgehead atoms. The molecule has 0 aliphatic rings. The van der Waals surface area contributed by atoms with E-state index in [2.05, 4.69) is 15.0 Å². The molecule has 3 rings (SSSR count). The minimum absolute atomic E-state index is 0.0215. The third-order valence-electron chi connectivity index (χ3n) is 2.93. The van der Waals surface area contributed by atoms with Crippen LogP contribution < -0.4 is 5.73 Å². The van der Waals surface area contributed by atoms with Crippen molar-refractivity contribution in [1.29, 1.82) is 0 Å². The lowest BCUT2D eigenvalue weighted by Gasteiger charge is -2.13. The molecule has 0 spiro atoms. The minimum atomic E-state index is 0.0215. The maximum Gasteiger partial charge on any atom is 0.181 e. The highest BCUT2D eigenvalue weighted by atomic mass is 16.3. The van der Waals surface area contributed by atoms with Crippen molar-refractivity contribution in [3.63, 3.8) is 0 Å². The van der Waals surface area contributed by atoms with E-state index >= 15 is 0 Å². The maximum atomic E-state index is 5.84. The van der Waals surface area contributed by atoms with Crippen molar-refractivity contribution in [2.75, 3.05) is 6.54 Å². The summed E-state index contributed by atoms with van der Waals surface area (Å²) in [4.78, 5) is 12.5. The van der Waals surface area contributed by atoms with Crippen LogP contribution >= 0.6 is 0 Å². The third kappa shape index (κ3) is 1.84. The Morgan fingerprint density at radius 3 is 2.94 bits per heavy atom. The number of benzene rings is 1. The lowest BCUT2D eigenvalue weighted by molar-refractivity contribution is 0.601. The van der Waals surface area contributed by atoms with Gasteiger partial charge in [-0.2, -0.15) is 0 Å². The van der Waals surface area contributed by atoms with Crippen LogP contribution in [0.5, 0.6) is 0 Å². The molecule has 0 fully saturated rings. The lowest BCUT2D eigenvalue weighted by atomic mass is 9.96. The Hall–Kier alpha value is -2.27. The molecule has 5 nitrogen and oxygen atoms in total. The largest absolute Gasteiger partial charge is 0.443 e. The van der Waals surface area contributed by atoms with Crippen LogP contribution in [0, 0.1) is 0 Å². The molecule has 1 atom stereocenters. The summed E-state index contributed by atoms with van der Waals surface area (Å²) in [7, 11) is 0. The second kappa shape index (κ2) is 4.54.